The number of methoxy groups -OCH3 is 1. The normalized spacial score (nSPS) is 8.30. The maximum Gasteiger partial charge on any atom is 0.292 e. The fourth-order valence-corrected chi connectivity index (χ4v) is 0.333. The SMILES string of the molecule is C/C=C\CCC.COC=O. The van der Waals surface area contributed by atoms with E-state index in [1.165, 1.54) is 20.0 Å². The van der Waals surface area contributed by atoms with Gasteiger partial charge in [-0.15, -0.1) is 0 Å². The molecule has 0 aliphatic rings. The molecule has 0 aromatic heterocycles. The Labute approximate surface area is 62.9 Å². The fraction of sp³-hybridized carbons (Fsp3) is 0.625. The Morgan fingerprint density at radius 2 is 2.00 bits per heavy atom. The summed E-state index contributed by atoms with van der Waals surface area (Å²) in [6, 6.07) is 0. The number of rotatable bonds is 3. The summed E-state index contributed by atoms with van der Waals surface area (Å²) >= 11 is 0. The molecule has 2 heteroatoms. The highest BCUT2D eigenvalue weighted by atomic mass is 16.5. The highest BCUT2D eigenvalue weighted by Gasteiger charge is 1.64. The van der Waals surface area contributed by atoms with Crippen LogP contribution in [-0.4, -0.2) is 13.6 Å². The number of ether oxygens (including phenoxy) is 1. The van der Waals surface area contributed by atoms with Crippen molar-refractivity contribution in [3.8, 4) is 0 Å². The summed E-state index contributed by atoms with van der Waals surface area (Å²) in [5.41, 5.74) is 0. The smallest absolute Gasteiger partial charge is 0.292 e. The van der Waals surface area contributed by atoms with Crippen LogP contribution in [0.5, 0.6) is 0 Å². The van der Waals surface area contributed by atoms with Crippen LogP contribution >= 0.6 is 0 Å². The van der Waals surface area contributed by atoms with E-state index in [0.717, 1.165) is 0 Å². The van der Waals surface area contributed by atoms with E-state index >= 15 is 0 Å². The second-order valence-corrected chi connectivity index (χ2v) is 1.69. The molecular formula is C8H16O2. The molecule has 0 spiro atoms. The topological polar surface area (TPSA) is 26.3 Å². The number of unbranched alkanes of at least 4 members (excludes halogenated alkanes) is 1. The van der Waals surface area contributed by atoms with Crippen molar-refractivity contribution < 1.29 is 9.53 Å². The Bertz CT molecular complexity index is 77.3. The minimum atomic E-state index is 0.375. The molecule has 0 aromatic rings. The van der Waals surface area contributed by atoms with Gasteiger partial charge in [-0.05, 0) is 13.3 Å². The molecule has 60 valence electrons. The van der Waals surface area contributed by atoms with Crippen LogP contribution < -0.4 is 0 Å². The third-order valence-electron chi connectivity index (χ3n) is 0.787. The van der Waals surface area contributed by atoms with Gasteiger partial charge in [0.15, 0.2) is 0 Å². The van der Waals surface area contributed by atoms with Crippen molar-refractivity contribution in [1.29, 1.82) is 0 Å². The molecule has 0 radical (unpaired) electrons. The monoisotopic (exact) mass is 144 g/mol. The summed E-state index contributed by atoms with van der Waals surface area (Å²) in [4.78, 5) is 8.95. The van der Waals surface area contributed by atoms with Crippen LogP contribution in [0.2, 0.25) is 0 Å². The molecule has 0 aliphatic heterocycles. The largest absolute Gasteiger partial charge is 0.471 e. The zero-order valence-electron chi connectivity index (χ0n) is 6.96. The van der Waals surface area contributed by atoms with Crippen LogP contribution in [0.15, 0.2) is 12.2 Å². The molecule has 0 amide bonds. The highest BCUT2D eigenvalue weighted by molar-refractivity contribution is 5.36. The summed E-state index contributed by atoms with van der Waals surface area (Å²) in [6.07, 6.45) is 6.77. The summed E-state index contributed by atoms with van der Waals surface area (Å²) in [6.45, 7) is 4.61. The minimum Gasteiger partial charge on any atom is -0.471 e. The van der Waals surface area contributed by atoms with Gasteiger partial charge in [0.1, 0.15) is 0 Å². The molecule has 2 nitrogen and oxygen atoms in total. The van der Waals surface area contributed by atoms with Gasteiger partial charge in [-0.25, -0.2) is 0 Å². The molecule has 0 heterocycles. The van der Waals surface area contributed by atoms with E-state index in [-0.39, 0.29) is 0 Å². The third kappa shape index (κ3) is 27.0. The van der Waals surface area contributed by atoms with Crippen LogP contribution in [0.3, 0.4) is 0 Å². The van der Waals surface area contributed by atoms with Crippen LogP contribution in [0, 0.1) is 0 Å². The molecule has 0 saturated carbocycles. The lowest BCUT2D eigenvalue weighted by Gasteiger charge is -1.76. The molecule has 0 aliphatic carbocycles. The number of hydrogen-bond donors (Lipinski definition) is 0. The number of carbonyl (C=O) groups excluding carboxylic acids is 1. The Morgan fingerprint density at radius 1 is 1.50 bits per heavy atom. The second-order valence-electron chi connectivity index (χ2n) is 1.69. The lowest BCUT2D eigenvalue weighted by atomic mass is 10.3. The molecule has 0 saturated heterocycles. The van der Waals surface area contributed by atoms with E-state index < -0.39 is 0 Å². The van der Waals surface area contributed by atoms with Crippen molar-refractivity contribution >= 4 is 6.47 Å². The van der Waals surface area contributed by atoms with Gasteiger partial charge in [0.25, 0.3) is 6.47 Å². The molecule has 0 bridgehead atoms. The Morgan fingerprint density at radius 3 is 2.10 bits per heavy atom. The molecule has 0 N–H and O–H groups in total. The summed E-state index contributed by atoms with van der Waals surface area (Å²) in [5, 5.41) is 0. The van der Waals surface area contributed by atoms with Gasteiger partial charge >= 0.3 is 0 Å². The lowest BCUT2D eigenvalue weighted by Crippen LogP contribution is -1.68. The quantitative estimate of drug-likeness (QED) is 0.448. The molecule has 0 fully saturated rings. The molecule has 0 rings (SSSR count). The average Bonchev–Trinajstić information content (AvgIpc) is 2.01. The van der Waals surface area contributed by atoms with Crippen LogP contribution in [0.1, 0.15) is 26.7 Å². The Hall–Kier alpha value is -0.790. The number of allylic oxidation sites excluding steroid dienone is 2. The first-order valence-corrected chi connectivity index (χ1v) is 3.41. The molecular weight excluding hydrogens is 128 g/mol. The predicted molar refractivity (Wildman–Crippen MR) is 42.8 cm³/mol. The minimum absolute atomic E-state index is 0.375. The van der Waals surface area contributed by atoms with Gasteiger partial charge < -0.3 is 4.74 Å². The lowest BCUT2D eigenvalue weighted by molar-refractivity contribution is -0.126. The first kappa shape index (κ1) is 11.9. The highest BCUT2D eigenvalue weighted by Crippen LogP contribution is 1.85. The van der Waals surface area contributed by atoms with E-state index in [9.17, 15) is 0 Å². The second kappa shape index (κ2) is 15.7. The van der Waals surface area contributed by atoms with Gasteiger partial charge in [0.05, 0.1) is 7.11 Å². The van der Waals surface area contributed by atoms with Crippen molar-refractivity contribution in [2.45, 2.75) is 26.7 Å². The van der Waals surface area contributed by atoms with Gasteiger partial charge in [0, 0.05) is 0 Å². The third-order valence-corrected chi connectivity index (χ3v) is 0.787. The van der Waals surface area contributed by atoms with E-state index in [1.54, 1.807) is 0 Å². The predicted octanol–water partition coefficient (Wildman–Crippen LogP) is 2.15. The van der Waals surface area contributed by atoms with Gasteiger partial charge in [-0.3, -0.25) is 4.79 Å². The van der Waals surface area contributed by atoms with Gasteiger partial charge in [-0.2, -0.15) is 0 Å². The average molecular weight is 144 g/mol. The molecule has 10 heavy (non-hydrogen) atoms. The standard InChI is InChI=1S/C6H12.C2H4O2/c1-3-5-6-4-2;1-4-2-3/h3,5H,4,6H2,1-2H3;2H,1H3/b5-3-;. The number of carbonyl (C=O) groups is 1. The molecule has 0 aromatic carbocycles. The van der Waals surface area contributed by atoms with Crippen molar-refractivity contribution in [3.63, 3.8) is 0 Å². The van der Waals surface area contributed by atoms with E-state index in [4.69, 9.17) is 4.79 Å². The van der Waals surface area contributed by atoms with Crippen molar-refractivity contribution in [2.24, 2.45) is 0 Å². The number of hydrogen-bond acceptors (Lipinski definition) is 2. The van der Waals surface area contributed by atoms with E-state index in [2.05, 4.69) is 30.7 Å². The zero-order chi connectivity index (χ0) is 8.24. The van der Waals surface area contributed by atoms with Crippen LogP contribution in [-0.2, 0) is 9.53 Å². The first-order valence-electron chi connectivity index (χ1n) is 3.41. The summed E-state index contributed by atoms with van der Waals surface area (Å²) < 4.78 is 3.86. The summed E-state index contributed by atoms with van der Waals surface area (Å²) in [7, 11) is 1.31. The Balaban J connectivity index is 0. The van der Waals surface area contributed by atoms with Crippen LogP contribution in [0.4, 0.5) is 0 Å². The van der Waals surface area contributed by atoms with E-state index in [1.807, 2.05) is 0 Å². The van der Waals surface area contributed by atoms with Crippen LogP contribution in [0.25, 0.3) is 0 Å². The summed E-state index contributed by atoms with van der Waals surface area (Å²) in [5.74, 6) is 0. The molecule has 0 atom stereocenters. The van der Waals surface area contributed by atoms with Gasteiger partial charge in [-0.1, -0.05) is 25.5 Å². The van der Waals surface area contributed by atoms with Crippen molar-refractivity contribution in [1.82, 2.24) is 0 Å². The molecule has 0 unspecified atom stereocenters. The van der Waals surface area contributed by atoms with E-state index in [0.29, 0.717) is 6.47 Å². The fourth-order valence-electron chi connectivity index (χ4n) is 0.333. The Kier molecular flexibility index (Phi) is 18.8. The van der Waals surface area contributed by atoms with Crippen molar-refractivity contribution in [2.75, 3.05) is 7.11 Å². The zero-order valence-corrected chi connectivity index (χ0v) is 6.96. The van der Waals surface area contributed by atoms with Gasteiger partial charge in [0.2, 0.25) is 0 Å². The first-order chi connectivity index (χ1) is 4.83. The van der Waals surface area contributed by atoms with Crippen molar-refractivity contribution in [3.05, 3.63) is 12.2 Å². The maximum atomic E-state index is 8.95. The maximum absolute atomic E-state index is 8.95.